The maximum absolute atomic E-state index is 2.63. The van der Waals surface area contributed by atoms with Crippen molar-refractivity contribution < 1.29 is 0 Å². The molecule has 1 heterocycles. The fraction of sp³-hybridized carbons (Fsp3) is 0.778. The lowest BCUT2D eigenvalue weighted by Gasteiger charge is -2.33. The van der Waals surface area contributed by atoms with Crippen molar-refractivity contribution in [2.24, 2.45) is 0 Å². The van der Waals surface area contributed by atoms with E-state index < -0.39 is 0 Å². The number of para-hydroxylation sites is 1. The highest BCUT2D eigenvalue weighted by molar-refractivity contribution is 5.51. The van der Waals surface area contributed by atoms with Gasteiger partial charge >= 0.3 is 0 Å². The first-order valence-electron chi connectivity index (χ1n) is 17.1. The first-order chi connectivity index (χ1) is 18.9. The molecule has 2 rings (SSSR count). The van der Waals surface area contributed by atoms with Gasteiger partial charge in [-0.05, 0) is 31.4 Å². The zero-order valence-corrected chi connectivity index (χ0v) is 25.7. The van der Waals surface area contributed by atoms with E-state index in [0.29, 0.717) is 6.17 Å². The van der Waals surface area contributed by atoms with Gasteiger partial charge in [-0.3, -0.25) is 0 Å². The van der Waals surface area contributed by atoms with E-state index in [2.05, 4.69) is 66.4 Å². The second-order valence-corrected chi connectivity index (χ2v) is 12.0. The number of rotatable bonds is 26. The molecule has 38 heavy (non-hydrogen) atoms. The van der Waals surface area contributed by atoms with Crippen LogP contribution in [0.1, 0.15) is 168 Å². The minimum Gasteiger partial charge on any atom is -0.356 e. The van der Waals surface area contributed by atoms with E-state index in [1.165, 1.54) is 166 Å². The molecule has 0 saturated heterocycles. The van der Waals surface area contributed by atoms with Crippen LogP contribution in [0.4, 0.5) is 5.69 Å². The van der Waals surface area contributed by atoms with Gasteiger partial charge < -0.3 is 9.80 Å². The zero-order chi connectivity index (χ0) is 26.9. The summed E-state index contributed by atoms with van der Waals surface area (Å²) in [6.07, 6.45) is 39.2. The first kappa shape index (κ1) is 32.8. The molecule has 2 nitrogen and oxygen atoms in total. The highest BCUT2D eigenvalue weighted by Gasteiger charge is 2.26. The number of hydrogen-bond donors (Lipinski definition) is 0. The van der Waals surface area contributed by atoms with Crippen molar-refractivity contribution in [3.05, 3.63) is 42.7 Å². The first-order valence-corrected chi connectivity index (χ1v) is 17.1. The number of hydrogen-bond acceptors (Lipinski definition) is 2. The highest BCUT2D eigenvalue weighted by atomic mass is 15.4. The molecular weight excluding hydrogens is 460 g/mol. The molecule has 1 aliphatic rings. The average molecular weight is 525 g/mol. The summed E-state index contributed by atoms with van der Waals surface area (Å²) in [4.78, 5) is 5.14. The van der Waals surface area contributed by atoms with Gasteiger partial charge in [0.2, 0.25) is 0 Å². The van der Waals surface area contributed by atoms with Crippen molar-refractivity contribution in [1.29, 1.82) is 0 Å². The minimum absolute atomic E-state index is 0.504. The Labute approximate surface area is 238 Å². The number of nitrogens with zero attached hydrogens (tertiary/aromatic N) is 2. The van der Waals surface area contributed by atoms with Crippen molar-refractivity contribution in [3.63, 3.8) is 0 Å². The predicted octanol–water partition coefficient (Wildman–Crippen LogP) is 12.0. The number of unbranched alkanes of at least 4 members (excludes halogenated alkanes) is 21. The van der Waals surface area contributed by atoms with Gasteiger partial charge in [-0.15, -0.1) is 0 Å². The summed E-state index contributed by atoms with van der Waals surface area (Å²) in [6, 6.07) is 11.0. The molecule has 0 N–H and O–H groups in total. The molecule has 0 fully saturated rings. The molecular formula is C36H64N2. The molecule has 0 spiro atoms. The summed E-state index contributed by atoms with van der Waals surface area (Å²) in [5.41, 5.74) is 1.34. The lowest BCUT2D eigenvalue weighted by molar-refractivity contribution is 0.273. The Morgan fingerprint density at radius 2 is 0.895 bits per heavy atom. The lowest BCUT2D eigenvalue weighted by atomic mass is 10.0. The van der Waals surface area contributed by atoms with Gasteiger partial charge in [0.25, 0.3) is 0 Å². The molecule has 1 unspecified atom stereocenters. The van der Waals surface area contributed by atoms with Crippen LogP contribution in [0.25, 0.3) is 0 Å². The van der Waals surface area contributed by atoms with Gasteiger partial charge in [0.05, 0.1) is 0 Å². The fourth-order valence-electron chi connectivity index (χ4n) is 6.03. The third kappa shape index (κ3) is 15.2. The molecule has 1 atom stereocenters. The van der Waals surface area contributed by atoms with Crippen LogP contribution in [0.2, 0.25) is 0 Å². The van der Waals surface area contributed by atoms with E-state index in [1.807, 2.05) is 0 Å². The predicted molar refractivity (Wildman–Crippen MR) is 171 cm³/mol. The Hall–Kier alpha value is -1.44. The van der Waals surface area contributed by atoms with E-state index in [1.54, 1.807) is 0 Å². The SMILES string of the molecule is CCCCCCCCCCCCCCCCCCCN1C=CN(c2ccccc2)C1CCCCCCCC. The van der Waals surface area contributed by atoms with Gasteiger partial charge in [-0.2, -0.15) is 0 Å². The Morgan fingerprint density at radius 1 is 0.474 bits per heavy atom. The molecule has 0 amide bonds. The molecule has 0 radical (unpaired) electrons. The van der Waals surface area contributed by atoms with Crippen LogP contribution in [0, 0.1) is 0 Å². The van der Waals surface area contributed by atoms with Crippen molar-refractivity contribution >= 4 is 5.69 Å². The van der Waals surface area contributed by atoms with Gasteiger partial charge in [0, 0.05) is 24.6 Å². The topological polar surface area (TPSA) is 6.48 Å². The van der Waals surface area contributed by atoms with Crippen LogP contribution in [-0.2, 0) is 0 Å². The number of benzene rings is 1. The summed E-state index contributed by atoms with van der Waals surface area (Å²) in [5.74, 6) is 0. The van der Waals surface area contributed by atoms with E-state index >= 15 is 0 Å². The van der Waals surface area contributed by atoms with Crippen molar-refractivity contribution in [2.45, 2.75) is 174 Å². The third-order valence-electron chi connectivity index (χ3n) is 8.51. The molecule has 0 bridgehead atoms. The Kier molecular flexibility index (Phi) is 20.2. The van der Waals surface area contributed by atoms with Gasteiger partial charge in [0.15, 0.2) is 0 Å². The molecule has 0 aliphatic carbocycles. The van der Waals surface area contributed by atoms with E-state index in [-0.39, 0.29) is 0 Å². The minimum atomic E-state index is 0.504. The van der Waals surface area contributed by atoms with E-state index in [0.717, 1.165) is 0 Å². The van der Waals surface area contributed by atoms with Crippen molar-refractivity contribution in [1.82, 2.24) is 4.90 Å². The normalized spacial score (nSPS) is 15.2. The van der Waals surface area contributed by atoms with Crippen LogP contribution in [0.5, 0.6) is 0 Å². The van der Waals surface area contributed by atoms with E-state index in [9.17, 15) is 0 Å². The maximum Gasteiger partial charge on any atom is 0.105 e. The standard InChI is InChI=1S/C36H64N2/c1-3-5-7-9-11-12-13-14-15-16-17-18-19-20-21-23-28-32-37-33-34-38(35-29-25-24-26-30-35)36(37)31-27-22-10-8-6-4-2/h24-26,29-30,33-34,36H,3-23,27-28,31-32H2,1-2H3. The van der Waals surface area contributed by atoms with Crippen molar-refractivity contribution in [3.8, 4) is 0 Å². The van der Waals surface area contributed by atoms with Gasteiger partial charge in [-0.25, -0.2) is 0 Å². The molecule has 1 aromatic carbocycles. The second-order valence-electron chi connectivity index (χ2n) is 12.0. The monoisotopic (exact) mass is 525 g/mol. The van der Waals surface area contributed by atoms with Gasteiger partial charge in [0.1, 0.15) is 6.17 Å². The van der Waals surface area contributed by atoms with Crippen LogP contribution < -0.4 is 4.90 Å². The van der Waals surface area contributed by atoms with Crippen LogP contribution in [-0.4, -0.2) is 17.6 Å². The molecule has 218 valence electrons. The summed E-state index contributed by atoms with van der Waals surface area (Å²) in [6.45, 7) is 5.82. The maximum atomic E-state index is 2.63. The Morgan fingerprint density at radius 3 is 1.37 bits per heavy atom. The van der Waals surface area contributed by atoms with Crippen LogP contribution >= 0.6 is 0 Å². The molecule has 0 saturated carbocycles. The largest absolute Gasteiger partial charge is 0.356 e. The second kappa shape index (κ2) is 23.4. The van der Waals surface area contributed by atoms with Gasteiger partial charge in [-0.1, -0.05) is 167 Å². The molecule has 1 aromatic rings. The zero-order valence-electron chi connectivity index (χ0n) is 25.7. The molecule has 1 aliphatic heterocycles. The summed E-state index contributed by atoms with van der Waals surface area (Å²) in [5, 5.41) is 0. The highest BCUT2D eigenvalue weighted by Crippen LogP contribution is 2.28. The summed E-state index contributed by atoms with van der Waals surface area (Å²) < 4.78 is 0. The Bertz CT molecular complexity index is 655. The van der Waals surface area contributed by atoms with Crippen LogP contribution in [0.3, 0.4) is 0 Å². The third-order valence-corrected chi connectivity index (χ3v) is 8.51. The summed E-state index contributed by atoms with van der Waals surface area (Å²) >= 11 is 0. The van der Waals surface area contributed by atoms with Crippen LogP contribution in [0.15, 0.2) is 42.7 Å². The average Bonchev–Trinajstić information content (AvgIpc) is 3.35. The lowest BCUT2D eigenvalue weighted by Crippen LogP contribution is -2.39. The fourth-order valence-corrected chi connectivity index (χ4v) is 6.03. The summed E-state index contributed by atoms with van der Waals surface area (Å²) in [7, 11) is 0. The Balaban J connectivity index is 1.49. The molecule has 0 aromatic heterocycles. The van der Waals surface area contributed by atoms with E-state index in [4.69, 9.17) is 0 Å². The quantitative estimate of drug-likeness (QED) is 0.111. The number of anilines is 1. The smallest absolute Gasteiger partial charge is 0.105 e. The van der Waals surface area contributed by atoms with Crippen molar-refractivity contribution in [2.75, 3.05) is 11.4 Å². The molecule has 2 heteroatoms.